The smallest absolute Gasteiger partial charge is 0.318 e. The van der Waals surface area contributed by atoms with Gasteiger partial charge in [-0.2, -0.15) is 0 Å². The van der Waals surface area contributed by atoms with E-state index in [1.807, 2.05) is 71.6 Å². The Kier molecular flexibility index (Phi) is 5.73. The normalized spacial score (nSPS) is 14.2. The van der Waals surface area contributed by atoms with Crippen LogP contribution in [0.15, 0.2) is 78.9 Å². The Hall–Kier alpha value is -3.45. The molecule has 1 N–H and O–H groups in total. The van der Waals surface area contributed by atoms with Crippen LogP contribution in [-0.2, 0) is 0 Å². The number of nitrogens with zero attached hydrogens (tertiary/aromatic N) is 3. The second-order valence-electron chi connectivity index (χ2n) is 7.76. The number of carbonyl (C=O) groups excluding carboxylic acids is 1. The summed E-state index contributed by atoms with van der Waals surface area (Å²) in [6, 6.07) is 24.7. The molecule has 1 aromatic heterocycles. The Morgan fingerprint density at radius 3 is 2.09 bits per heavy atom. The molecular formula is C25H23FN4OS. The zero-order valence-corrected chi connectivity index (χ0v) is 18.3. The van der Waals surface area contributed by atoms with Crippen molar-refractivity contribution in [2.24, 2.45) is 0 Å². The molecule has 0 radical (unpaired) electrons. The minimum absolute atomic E-state index is 0.0855. The first-order chi connectivity index (χ1) is 15.7. The number of rotatable bonds is 4. The molecule has 0 saturated carbocycles. The number of para-hydroxylation sites is 1. The highest BCUT2D eigenvalue weighted by atomic mass is 32.1. The van der Waals surface area contributed by atoms with Gasteiger partial charge in [-0.05, 0) is 23.3 Å². The lowest BCUT2D eigenvalue weighted by molar-refractivity contribution is 0.192. The highest BCUT2D eigenvalue weighted by Crippen LogP contribution is 2.31. The molecule has 2 heterocycles. The number of amides is 2. The van der Waals surface area contributed by atoms with Crippen LogP contribution < -0.4 is 10.2 Å². The molecule has 4 aromatic rings. The van der Waals surface area contributed by atoms with Gasteiger partial charge in [0.15, 0.2) is 5.13 Å². The lowest BCUT2D eigenvalue weighted by Crippen LogP contribution is -2.52. The molecule has 0 aliphatic carbocycles. The predicted octanol–water partition coefficient (Wildman–Crippen LogP) is 5.06. The van der Waals surface area contributed by atoms with E-state index in [1.165, 1.54) is 17.4 Å². The molecule has 2 amide bonds. The van der Waals surface area contributed by atoms with E-state index in [2.05, 4.69) is 15.2 Å². The number of fused-ring (bicyclic) bond motifs is 1. The first-order valence-electron chi connectivity index (χ1n) is 10.6. The van der Waals surface area contributed by atoms with Crippen LogP contribution in [0.5, 0.6) is 0 Å². The molecular weight excluding hydrogens is 423 g/mol. The average molecular weight is 447 g/mol. The standard InChI is InChI=1S/C25H23FN4OS/c26-20-12-7-13-21-23(20)28-25(32-21)30-16-14-29(15-17-30)24(31)27-22(18-8-3-1-4-9-18)19-10-5-2-6-11-19/h1-13,22H,14-17H2,(H,27,31). The number of benzene rings is 3. The third-order valence-electron chi connectivity index (χ3n) is 5.73. The van der Waals surface area contributed by atoms with Gasteiger partial charge < -0.3 is 15.1 Å². The SMILES string of the molecule is O=C(NC(c1ccccc1)c1ccccc1)N1CCN(c2nc3c(F)cccc3s2)CC1. The van der Waals surface area contributed by atoms with Crippen LogP contribution >= 0.6 is 11.3 Å². The number of thiazole rings is 1. The van der Waals surface area contributed by atoms with Crippen molar-refractivity contribution in [1.29, 1.82) is 0 Å². The highest BCUT2D eigenvalue weighted by molar-refractivity contribution is 7.22. The van der Waals surface area contributed by atoms with Gasteiger partial charge in [-0.25, -0.2) is 14.2 Å². The Morgan fingerprint density at radius 2 is 1.50 bits per heavy atom. The molecule has 5 nitrogen and oxygen atoms in total. The molecule has 1 fully saturated rings. The van der Waals surface area contributed by atoms with Gasteiger partial charge in [-0.3, -0.25) is 0 Å². The maximum atomic E-state index is 14.0. The number of halogens is 1. The van der Waals surface area contributed by atoms with E-state index in [1.54, 1.807) is 6.07 Å². The number of aromatic nitrogens is 1. The van der Waals surface area contributed by atoms with Crippen molar-refractivity contribution < 1.29 is 9.18 Å². The number of piperazine rings is 1. The van der Waals surface area contributed by atoms with E-state index >= 15 is 0 Å². The number of hydrogen-bond donors (Lipinski definition) is 1. The topological polar surface area (TPSA) is 48.5 Å². The predicted molar refractivity (Wildman–Crippen MR) is 127 cm³/mol. The fraction of sp³-hybridized carbons (Fsp3) is 0.200. The van der Waals surface area contributed by atoms with Crippen LogP contribution in [0.25, 0.3) is 10.2 Å². The molecule has 162 valence electrons. The van der Waals surface area contributed by atoms with E-state index < -0.39 is 0 Å². The third kappa shape index (κ3) is 4.16. The van der Waals surface area contributed by atoms with Crippen LogP contribution in [0, 0.1) is 5.82 Å². The molecule has 1 aliphatic rings. The average Bonchev–Trinajstić information content (AvgIpc) is 3.29. The van der Waals surface area contributed by atoms with Crippen LogP contribution in [-0.4, -0.2) is 42.1 Å². The van der Waals surface area contributed by atoms with Crippen molar-refractivity contribution in [1.82, 2.24) is 15.2 Å². The molecule has 1 saturated heterocycles. The van der Waals surface area contributed by atoms with Gasteiger partial charge in [0.25, 0.3) is 0 Å². The summed E-state index contributed by atoms with van der Waals surface area (Å²) < 4.78 is 14.8. The van der Waals surface area contributed by atoms with Crippen LogP contribution in [0.4, 0.5) is 14.3 Å². The third-order valence-corrected chi connectivity index (χ3v) is 6.81. The summed E-state index contributed by atoms with van der Waals surface area (Å²) in [5.74, 6) is -0.295. The molecule has 5 rings (SSSR count). The first-order valence-corrected chi connectivity index (χ1v) is 11.5. The second-order valence-corrected chi connectivity index (χ2v) is 8.77. The quantitative estimate of drug-likeness (QED) is 0.477. The molecule has 3 aromatic carbocycles. The fourth-order valence-corrected chi connectivity index (χ4v) is 5.04. The van der Waals surface area contributed by atoms with Crippen LogP contribution in [0.3, 0.4) is 0 Å². The lowest BCUT2D eigenvalue weighted by Gasteiger charge is -2.35. The van der Waals surface area contributed by atoms with E-state index in [-0.39, 0.29) is 17.9 Å². The fourth-order valence-electron chi connectivity index (χ4n) is 4.00. The van der Waals surface area contributed by atoms with Crippen molar-refractivity contribution >= 4 is 32.7 Å². The molecule has 0 atom stereocenters. The van der Waals surface area contributed by atoms with Gasteiger partial charge in [-0.1, -0.05) is 78.1 Å². The number of anilines is 1. The number of urea groups is 1. The summed E-state index contributed by atoms with van der Waals surface area (Å²) in [4.78, 5) is 21.6. The molecule has 0 unspecified atom stereocenters. The molecule has 0 spiro atoms. The van der Waals surface area contributed by atoms with Crippen molar-refractivity contribution in [3.63, 3.8) is 0 Å². The monoisotopic (exact) mass is 446 g/mol. The zero-order chi connectivity index (χ0) is 21.9. The summed E-state index contributed by atoms with van der Waals surface area (Å²) >= 11 is 1.49. The number of hydrogen-bond acceptors (Lipinski definition) is 4. The first kappa shape index (κ1) is 20.5. The summed E-state index contributed by atoms with van der Waals surface area (Å²) in [7, 11) is 0. The Bertz CT molecular complexity index is 1170. The van der Waals surface area contributed by atoms with Crippen molar-refractivity contribution in [3.8, 4) is 0 Å². The maximum Gasteiger partial charge on any atom is 0.318 e. The maximum absolute atomic E-state index is 14.0. The Morgan fingerprint density at radius 1 is 0.875 bits per heavy atom. The van der Waals surface area contributed by atoms with Gasteiger partial charge in [-0.15, -0.1) is 0 Å². The van der Waals surface area contributed by atoms with Gasteiger partial charge >= 0.3 is 6.03 Å². The summed E-state index contributed by atoms with van der Waals surface area (Å²) in [5.41, 5.74) is 2.51. The molecule has 7 heteroatoms. The minimum Gasteiger partial charge on any atom is -0.345 e. The van der Waals surface area contributed by atoms with E-state index in [0.29, 0.717) is 31.7 Å². The van der Waals surface area contributed by atoms with Gasteiger partial charge in [0.1, 0.15) is 11.3 Å². The molecule has 1 aliphatic heterocycles. The van der Waals surface area contributed by atoms with Gasteiger partial charge in [0.2, 0.25) is 0 Å². The molecule has 32 heavy (non-hydrogen) atoms. The van der Waals surface area contributed by atoms with Crippen molar-refractivity contribution in [2.45, 2.75) is 6.04 Å². The number of carbonyl (C=O) groups is 1. The second kappa shape index (κ2) is 8.96. The Labute approximate surface area is 190 Å². The Balaban J connectivity index is 1.27. The number of nitrogens with one attached hydrogen (secondary N) is 1. The summed E-state index contributed by atoms with van der Waals surface area (Å²) in [5, 5.41) is 4.01. The lowest BCUT2D eigenvalue weighted by atomic mass is 9.99. The van der Waals surface area contributed by atoms with E-state index in [0.717, 1.165) is 21.0 Å². The van der Waals surface area contributed by atoms with Crippen LogP contribution in [0.1, 0.15) is 17.2 Å². The zero-order valence-electron chi connectivity index (χ0n) is 17.4. The largest absolute Gasteiger partial charge is 0.345 e. The minimum atomic E-state index is -0.295. The van der Waals surface area contributed by atoms with Gasteiger partial charge in [0.05, 0.1) is 10.7 Å². The van der Waals surface area contributed by atoms with Crippen molar-refractivity contribution in [2.75, 3.05) is 31.1 Å². The highest BCUT2D eigenvalue weighted by Gasteiger charge is 2.26. The summed E-state index contributed by atoms with van der Waals surface area (Å²) in [6.45, 7) is 2.49. The van der Waals surface area contributed by atoms with Gasteiger partial charge in [0, 0.05) is 26.2 Å². The van der Waals surface area contributed by atoms with E-state index in [9.17, 15) is 9.18 Å². The summed E-state index contributed by atoms with van der Waals surface area (Å²) in [6.07, 6.45) is 0. The van der Waals surface area contributed by atoms with Crippen LogP contribution in [0.2, 0.25) is 0 Å². The van der Waals surface area contributed by atoms with Crippen molar-refractivity contribution in [3.05, 3.63) is 95.8 Å². The molecule has 0 bridgehead atoms. The van der Waals surface area contributed by atoms with E-state index in [4.69, 9.17) is 0 Å².